The van der Waals surface area contributed by atoms with Gasteiger partial charge in [-0.2, -0.15) is 0 Å². The Labute approximate surface area is 178 Å². The van der Waals surface area contributed by atoms with Crippen molar-refractivity contribution in [1.82, 2.24) is 15.4 Å². The molecule has 0 unspecified atom stereocenters. The molecule has 0 radical (unpaired) electrons. The van der Waals surface area contributed by atoms with E-state index in [1.54, 1.807) is 7.05 Å². The van der Waals surface area contributed by atoms with Gasteiger partial charge in [0, 0.05) is 31.7 Å². The van der Waals surface area contributed by atoms with Crippen LogP contribution in [0.15, 0.2) is 29.3 Å². The smallest absolute Gasteiger partial charge is 0.213 e. The first-order chi connectivity index (χ1) is 12.0. The van der Waals surface area contributed by atoms with Gasteiger partial charge in [-0.05, 0) is 36.8 Å². The molecule has 6 nitrogen and oxygen atoms in total. The highest BCUT2D eigenvalue weighted by Gasteiger charge is 2.20. The van der Waals surface area contributed by atoms with E-state index in [1.165, 1.54) is 6.42 Å². The van der Waals surface area contributed by atoms with Crippen LogP contribution in [0.3, 0.4) is 0 Å². The highest BCUT2D eigenvalue weighted by molar-refractivity contribution is 14.0. The molecule has 0 atom stereocenters. The average Bonchev–Trinajstić information content (AvgIpc) is 2.53. The topological polar surface area (TPSA) is 82.6 Å². The van der Waals surface area contributed by atoms with Crippen molar-refractivity contribution in [3.8, 4) is 0 Å². The molecule has 3 N–H and O–H groups in total. The lowest BCUT2D eigenvalue weighted by Gasteiger charge is -2.25. The predicted molar refractivity (Wildman–Crippen MR) is 119 cm³/mol. The Morgan fingerprint density at radius 2 is 1.92 bits per heavy atom. The highest BCUT2D eigenvalue weighted by Crippen LogP contribution is 2.25. The van der Waals surface area contributed by atoms with Crippen molar-refractivity contribution >= 4 is 51.6 Å². The number of halogens is 2. The summed E-state index contributed by atoms with van der Waals surface area (Å²) in [6.07, 6.45) is 4.23. The number of nitrogens with one attached hydrogen (secondary N) is 3. The summed E-state index contributed by atoms with van der Waals surface area (Å²) in [5.74, 6) is 1.13. The van der Waals surface area contributed by atoms with Crippen LogP contribution in [-0.4, -0.2) is 46.8 Å². The third-order valence-corrected chi connectivity index (χ3v) is 6.06. The number of rotatable bonds is 9. The molecule has 0 aliphatic heterocycles. The fourth-order valence-corrected chi connectivity index (χ4v) is 3.79. The number of hydrogen-bond donors (Lipinski definition) is 3. The molecular formula is C17H28ClIN4O2S. The van der Waals surface area contributed by atoms with Gasteiger partial charge in [-0.1, -0.05) is 36.2 Å². The minimum Gasteiger partial charge on any atom is -0.356 e. The van der Waals surface area contributed by atoms with E-state index in [1.807, 2.05) is 24.3 Å². The minimum atomic E-state index is -3.24. The second kappa shape index (κ2) is 12.0. The zero-order valence-corrected chi connectivity index (χ0v) is 18.9. The third-order valence-electron chi connectivity index (χ3n) is 4.35. The predicted octanol–water partition coefficient (Wildman–Crippen LogP) is 2.39. The van der Waals surface area contributed by atoms with Crippen molar-refractivity contribution in [3.05, 3.63) is 34.9 Å². The maximum Gasteiger partial charge on any atom is 0.213 e. The van der Waals surface area contributed by atoms with Gasteiger partial charge in [0.1, 0.15) is 0 Å². The van der Waals surface area contributed by atoms with Crippen LogP contribution < -0.4 is 15.4 Å². The quantitative estimate of drug-likeness (QED) is 0.268. The van der Waals surface area contributed by atoms with Crippen LogP contribution in [-0.2, 0) is 16.4 Å². The highest BCUT2D eigenvalue weighted by atomic mass is 127. The molecule has 0 heterocycles. The fraction of sp³-hybridized carbons (Fsp3) is 0.588. The number of aliphatic imine (C=N–C) groups is 1. The molecule has 148 valence electrons. The number of hydrogen-bond acceptors (Lipinski definition) is 3. The largest absolute Gasteiger partial charge is 0.356 e. The van der Waals surface area contributed by atoms with Crippen LogP contribution in [0.5, 0.6) is 0 Å². The van der Waals surface area contributed by atoms with Crippen molar-refractivity contribution in [2.45, 2.75) is 25.7 Å². The summed E-state index contributed by atoms with van der Waals surface area (Å²) in [7, 11) is -1.58. The molecule has 1 saturated carbocycles. The first-order valence-electron chi connectivity index (χ1n) is 8.65. The second-order valence-corrected chi connectivity index (χ2v) is 8.57. The van der Waals surface area contributed by atoms with Crippen molar-refractivity contribution < 1.29 is 8.42 Å². The molecule has 1 aliphatic rings. The Kier molecular flexibility index (Phi) is 10.8. The Morgan fingerprint density at radius 1 is 1.23 bits per heavy atom. The van der Waals surface area contributed by atoms with Gasteiger partial charge >= 0.3 is 0 Å². The van der Waals surface area contributed by atoms with Crippen molar-refractivity contribution in [2.24, 2.45) is 10.9 Å². The zero-order chi connectivity index (χ0) is 18.1. The molecule has 1 aliphatic carbocycles. The summed E-state index contributed by atoms with van der Waals surface area (Å²) in [4.78, 5) is 4.10. The third kappa shape index (κ3) is 8.41. The lowest BCUT2D eigenvalue weighted by molar-refractivity contribution is 0.316. The Balaban J connectivity index is 0.00000338. The minimum absolute atomic E-state index is 0. The van der Waals surface area contributed by atoms with E-state index >= 15 is 0 Å². The summed E-state index contributed by atoms with van der Waals surface area (Å²) in [5.41, 5.74) is 1.06. The summed E-state index contributed by atoms with van der Waals surface area (Å²) < 4.78 is 26.6. The van der Waals surface area contributed by atoms with Gasteiger partial charge in [0.2, 0.25) is 10.0 Å². The molecule has 0 aromatic heterocycles. The van der Waals surface area contributed by atoms with Gasteiger partial charge in [-0.3, -0.25) is 4.99 Å². The van der Waals surface area contributed by atoms with Gasteiger partial charge in [0.05, 0.1) is 5.75 Å². The van der Waals surface area contributed by atoms with E-state index in [0.717, 1.165) is 29.8 Å². The van der Waals surface area contributed by atoms with Gasteiger partial charge in [-0.25, -0.2) is 13.1 Å². The monoisotopic (exact) mass is 514 g/mol. The molecule has 1 fully saturated rings. The van der Waals surface area contributed by atoms with Crippen molar-refractivity contribution in [2.75, 3.05) is 32.4 Å². The van der Waals surface area contributed by atoms with E-state index in [0.29, 0.717) is 31.5 Å². The maximum atomic E-state index is 12.0. The van der Waals surface area contributed by atoms with Crippen LogP contribution in [0.4, 0.5) is 0 Å². The molecule has 0 spiro atoms. The Bertz CT molecular complexity index is 681. The zero-order valence-electron chi connectivity index (χ0n) is 15.0. The molecular weight excluding hydrogens is 487 g/mol. The molecule has 0 bridgehead atoms. The molecule has 9 heteroatoms. The summed E-state index contributed by atoms with van der Waals surface area (Å²) >= 11 is 6.13. The van der Waals surface area contributed by atoms with Crippen LogP contribution in [0.25, 0.3) is 0 Å². The molecule has 0 saturated heterocycles. The number of sulfonamides is 1. The fourth-order valence-electron chi connectivity index (χ4n) is 2.56. The van der Waals surface area contributed by atoms with Crippen molar-refractivity contribution in [3.63, 3.8) is 0 Å². The summed E-state index contributed by atoms with van der Waals surface area (Å²) in [5, 5.41) is 6.94. The van der Waals surface area contributed by atoms with Crippen LogP contribution in [0, 0.1) is 5.92 Å². The second-order valence-electron chi connectivity index (χ2n) is 6.23. The molecule has 26 heavy (non-hydrogen) atoms. The van der Waals surface area contributed by atoms with E-state index < -0.39 is 10.0 Å². The first-order valence-corrected chi connectivity index (χ1v) is 10.7. The van der Waals surface area contributed by atoms with Gasteiger partial charge in [0.25, 0.3) is 0 Å². The van der Waals surface area contributed by atoms with E-state index in [2.05, 4.69) is 20.3 Å². The maximum absolute atomic E-state index is 12.0. The van der Waals surface area contributed by atoms with E-state index in [9.17, 15) is 8.42 Å². The lowest BCUT2D eigenvalue weighted by atomic mass is 9.86. The average molecular weight is 515 g/mol. The van der Waals surface area contributed by atoms with Gasteiger partial charge in [0.15, 0.2) is 5.96 Å². The summed E-state index contributed by atoms with van der Waals surface area (Å²) in [6, 6.07) is 7.71. The Morgan fingerprint density at radius 3 is 2.54 bits per heavy atom. The number of guanidine groups is 1. The SMILES string of the molecule is CN=C(NCCc1ccccc1Cl)NCCS(=O)(=O)NCC1CCC1.I. The normalized spacial score (nSPS) is 15.1. The lowest BCUT2D eigenvalue weighted by Crippen LogP contribution is -2.42. The standard InChI is InChI=1S/C17H27ClN4O2S.HI/c1-19-17(20-10-9-15-7-2-3-8-16(15)18)21-11-12-25(23,24)22-13-14-5-4-6-14;/h2-3,7-8,14,22H,4-6,9-13H2,1H3,(H2,19,20,21);1H. The molecule has 1 aromatic carbocycles. The van der Waals surface area contributed by atoms with E-state index in [-0.39, 0.29) is 29.7 Å². The summed E-state index contributed by atoms with van der Waals surface area (Å²) in [6.45, 7) is 1.54. The van der Waals surface area contributed by atoms with Crippen LogP contribution >= 0.6 is 35.6 Å². The van der Waals surface area contributed by atoms with Crippen molar-refractivity contribution in [1.29, 1.82) is 0 Å². The molecule has 1 aromatic rings. The molecule has 2 rings (SSSR count). The van der Waals surface area contributed by atoms with Gasteiger partial charge in [-0.15, -0.1) is 24.0 Å². The van der Waals surface area contributed by atoms with E-state index in [4.69, 9.17) is 11.6 Å². The molecule has 0 amide bonds. The first kappa shape index (κ1) is 23.5. The number of nitrogens with zero attached hydrogens (tertiary/aromatic N) is 1. The van der Waals surface area contributed by atoms with Gasteiger partial charge < -0.3 is 10.6 Å². The Hall–Kier alpha value is -0.580. The number of benzene rings is 1. The van der Waals surface area contributed by atoms with Crippen LogP contribution in [0.1, 0.15) is 24.8 Å². The van der Waals surface area contributed by atoms with Crippen LogP contribution in [0.2, 0.25) is 5.02 Å².